The molecule has 2 N–H and O–H groups in total. The van der Waals surface area contributed by atoms with Gasteiger partial charge in [0.2, 0.25) is 0 Å². The minimum absolute atomic E-state index is 0.916. The van der Waals surface area contributed by atoms with Gasteiger partial charge < -0.3 is 19.7 Å². The minimum atomic E-state index is -5.99. The third-order valence-electron chi connectivity index (χ3n) is 2.59. The van der Waals surface area contributed by atoms with Gasteiger partial charge in [-0.3, -0.25) is 8.98 Å². The molecule has 0 aromatic rings. The van der Waals surface area contributed by atoms with Crippen LogP contribution >= 0.6 is 0 Å². The molecule has 1 saturated heterocycles. The number of esters is 1. The van der Waals surface area contributed by atoms with Crippen LogP contribution in [0.15, 0.2) is 0 Å². The van der Waals surface area contributed by atoms with E-state index in [1.807, 2.05) is 0 Å². The van der Waals surface area contributed by atoms with Crippen molar-refractivity contribution in [2.45, 2.75) is 50.1 Å². The fourth-order valence-electron chi connectivity index (χ4n) is 1.66. The maximum atomic E-state index is 12.3. The SMILES string of the molecule is CC(=O)O[C@@H]1[C@@H](O)[C@@H](OS(=O)(=O)C(F)(F)F)[C@H](C)O[C@H]1O. The molecule has 0 bridgehead atoms. The second-order valence-corrected chi connectivity index (χ2v) is 5.82. The van der Waals surface area contributed by atoms with Gasteiger partial charge in [-0.2, -0.15) is 21.6 Å². The van der Waals surface area contributed by atoms with Crippen molar-refractivity contribution in [1.29, 1.82) is 0 Å². The van der Waals surface area contributed by atoms with Gasteiger partial charge in [0, 0.05) is 6.92 Å². The zero-order valence-electron chi connectivity index (χ0n) is 10.8. The van der Waals surface area contributed by atoms with Crippen LogP contribution in [0.5, 0.6) is 0 Å². The van der Waals surface area contributed by atoms with Crippen LogP contribution in [0, 0.1) is 0 Å². The monoisotopic (exact) mass is 338 g/mol. The van der Waals surface area contributed by atoms with Crippen molar-refractivity contribution in [3.8, 4) is 0 Å². The van der Waals surface area contributed by atoms with Gasteiger partial charge in [0.1, 0.15) is 12.2 Å². The number of aliphatic hydroxyl groups is 2. The first-order valence-corrected chi connectivity index (χ1v) is 6.96. The molecular formula is C9H13F3O8S. The van der Waals surface area contributed by atoms with E-state index >= 15 is 0 Å². The van der Waals surface area contributed by atoms with Crippen molar-refractivity contribution in [3.05, 3.63) is 0 Å². The molecule has 0 aromatic carbocycles. The zero-order chi connectivity index (χ0) is 16.6. The number of hydrogen-bond acceptors (Lipinski definition) is 8. The van der Waals surface area contributed by atoms with E-state index in [4.69, 9.17) is 4.74 Å². The van der Waals surface area contributed by atoms with Gasteiger partial charge in [-0.1, -0.05) is 0 Å². The van der Waals surface area contributed by atoms with E-state index in [0.717, 1.165) is 13.8 Å². The maximum Gasteiger partial charge on any atom is 0.523 e. The first-order valence-electron chi connectivity index (χ1n) is 5.55. The van der Waals surface area contributed by atoms with Gasteiger partial charge in [-0.25, -0.2) is 0 Å². The predicted octanol–water partition coefficient (Wildman–Crippen LogP) is -0.749. The molecule has 0 aliphatic carbocycles. The number of aliphatic hydroxyl groups excluding tert-OH is 2. The summed E-state index contributed by atoms with van der Waals surface area (Å²) in [7, 11) is -5.99. The average Bonchev–Trinajstić information content (AvgIpc) is 2.28. The predicted molar refractivity (Wildman–Crippen MR) is 58.0 cm³/mol. The molecule has 0 unspecified atom stereocenters. The number of rotatable bonds is 3. The van der Waals surface area contributed by atoms with Crippen LogP contribution in [0.1, 0.15) is 13.8 Å². The van der Waals surface area contributed by atoms with Crippen LogP contribution in [-0.4, -0.2) is 60.8 Å². The van der Waals surface area contributed by atoms with Crippen LogP contribution in [0.25, 0.3) is 0 Å². The van der Waals surface area contributed by atoms with E-state index in [1.54, 1.807) is 0 Å². The van der Waals surface area contributed by atoms with Crippen LogP contribution < -0.4 is 0 Å². The first kappa shape index (κ1) is 18.1. The van der Waals surface area contributed by atoms with Crippen molar-refractivity contribution >= 4 is 16.1 Å². The summed E-state index contributed by atoms with van der Waals surface area (Å²) in [5.74, 6) is -0.964. The molecule has 1 rings (SSSR count). The smallest absolute Gasteiger partial charge is 0.454 e. The highest BCUT2D eigenvalue weighted by Gasteiger charge is 2.54. The van der Waals surface area contributed by atoms with Crippen molar-refractivity contribution in [2.24, 2.45) is 0 Å². The van der Waals surface area contributed by atoms with Crippen molar-refractivity contribution < 1.29 is 50.3 Å². The third kappa shape index (κ3) is 4.03. The van der Waals surface area contributed by atoms with E-state index in [2.05, 4.69) is 8.92 Å². The Bertz CT molecular complexity index is 490. The van der Waals surface area contributed by atoms with Crippen molar-refractivity contribution in [1.82, 2.24) is 0 Å². The molecule has 1 aliphatic heterocycles. The lowest BCUT2D eigenvalue weighted by molar-refractivity contribution is -0.278. The molecule has 1 fully saturated rings. The van der Waals surface area contributed by atoms with Gasteiger partial charge in [-0.15, -0.1) is 0 Å². The van der Waals surface area contributed by atoms with Gasteiger partial charge in [0.25, 0.3) is 0 Å². The van der Waals surface area contributed by atoms with E-state index in [0.29, 0.717) is 0 Å². The number of hydrogen-bond donors (Lipinski definition) is 2. The van der Waals surface area contributed by atoms with Crippen LogP contribution in [0.4, 0.5) is 13.2 Å². The molecule has 12 heteroatoms. The fraction of sp³-hybridized carbons (Fsp3) is 0.889. The number of halogens is 3. The molecule has 1 aliphatic rings. The van der Waals surface area contributed by atoms with Gasteiger partial charge >= 0.3 is 21.6 Å². The maximum absolute atomic E-state index is 12.3. The highest BCUT2D eigenvalue weighted by atomic mass is 32.2. The Kier molecular flexibility index (Phi) is 5.21. The molecule has 0 spiro atoms. The normalized spacial score (nSPS) is 34.5. The Hall–Kier alpha value is -0.950. The Morgan fingerprint density at radius 1 is 1.24 bits per heavy atom. The van der Waals surface area contributed by atoms with Crippen LogP contribution in [0.3, 0.4) is 0 Å². The molecule has 0 amide bonds. The van der Waals surface area contributed by atoms with E-state index < -0.39 is 52.3 Å². The van der Waals surface area contributed by atoms with Gasteiger partial charge in [0.15, 0.2) is 12.4 Å². The number of ether oxygens (including phenoxy) is 2. The lowest BCUT2D eigenvalue weighted by atomic mass is 10.00. The summed E-state index contributed by atoms with van der Waals surface area (Å²) in [5, 5.41) is 19.2. The Morgan fingerprint density at radius 2 is 1.76 bits per heavy atom. The van der Waals surface area contributed by atoms with Gasteiger partial charge in [0.05, 0.1) is 6.10 Å². The molecule has 8 nitrogen and oxygen atoms in total. The average molecular weight is 338 g/mol. The van der Waals surface area contributed by atoms with Crippen LogP contribution in [0.2, 0.25) is 0 Å². The topological polar surface area (TPSA) is 119 Å². The molecule has 0 aromatic heterocycles. The largest absolute Gasteiger partial charge is 0.523 e. The van der Waals surface area contributed by atoms with E-state index in [1.165, 1.54) is 0 Å². The van der Waals surface area contributed by atoms with Crippen molar-refractivity contribution in [3.63, 3.8) is 0 Å². The minimum Gasteiger partial charge on any atom is -0.454 e. The summed E-state index contributed by atoms with van der Waals surface area (Å²) in [6.45, 7) is 1.99. The second kappa shape index (κ2) is 6.04. The molecule has 5 atom stereocenters. The number of carbonyl (C=O) groups is 1. The molecule has 21 heavy (non-hydrogen) atoms. The lowest BCUT2D eigenvalue weighted by Gasteiger charge is -2.40. The summed E-state index contributed by atoms with van der Waals surface area (Å²) < 4.78 is 71.7. The summed E-state index contributed by atoms with van der Waals surface area (Å²) >= 11 is 0. The summed E-state index contributed by atoms with van der Waals surface area (Å²) in [6.07, 6.45) is -9.08. The van der Waals surface area contributed by atoms with Crippen molar-refractivity contribution in [2.75, 3.05) is 0 Å². The summed E-state index contributed by atoms with van der Waals surface area (Å²) in [6, 6.07) is 0. The van der Waals surface area contributed by atoms with Crippen LogP contribution in [-0.2, 0) is 28.6 Å². The fourth-order valence-corrected chi connectivity index (χ4v) is 2.34. The van der Waals surface area contributed by atoms with Gasteiger partial charge in [-0.05, 0) is 6.92 Å². The molecule has 124 valence electrons. The first-order chi connectivity index (χ1) is 9.36. The number of carbonyl (C=O) groups excluding carboxylic acids is 1. The molecule has 0 saturated carbocycles. The highest BCUT2D eigenvalue weighted by Crippen LogP contribution is 2.31. The molecule has 0 radical (unpaired) electrons. The van der Waals surface area contributed by atoms with E-state index in [9.17, 15) is 36.6 Å². The van der Waals surface area contributed by atoms with E-state index in [-0.39, 0.29) is 0 Å². The Labute approximate surface area is 117 Å². The third-order valence-corrected chi connectivity index (χ3v) is 3.64. The Balaban J connectivity index is 2.98. The number of alkyl halides is 3. The Morgan fingerprint density at radius 3 is 2.19 bits per heavy atom. The highest BCUT2D eigenvalue weighted by molar-refractivity contribution is 7.87. The second-order valence-electron chi connectivity index (χ2n) is 4.26. The molecule has 1 heterocycles. The standard InChI is InChI=1S/C9H13F3O8S/c1-3-6(20-21(16,17)9(10,11)12)5(14)7(8(15)18-3)19-4(2)13/h3,5-8,14-15H,1-2H3/t3-,5-,6-,7+,8+/m0/s1. The summed E-state index contributed by atoms with van der Waals surface area (Å²) in [4.78, 5) is 10.8. The quantitative estimate of drug-likeness (QED) is 0.392. The zero-order valence-corrected chi connectivity index (χ0v) is 11.6. The summed E-state index contributed by atoms with van der Waals surface area (Å²) in [5.41, 5.74) is -5.70. The molecular weight excluding hydrogens is 325 g/mol. The lowest BCUT2D eigenvalue weighted by Crippen LogP contribution is -2.59.